The van der Waals surface area contributed by atoms with E-state index in [4.69, 9.17) is 4.74 Å². The highest BCUT2D eigenvalue weighted by atomic mass is 16.5. The average Bonchev–Trinajstić information content (AvgIpc) is 2.24. The summed E-state index contributed by atoms with van der Waals surface area (Å²) in [4.78, 5) is 11.6. The van der Waals surface area contributed by atoms with Crippen LogP contribution in [0.4, 0.5) is 0 Å². The van der Waals surface area contributed by atoms with Crippen LogP contribution in [0, 0.1) is 0 Å². The molecular weight excluding hydrogens is 192 g/mol. The van der Waals surface area contributed by atoms with Gasteiger partial charge in [0, 0.05) is 19.7 Å². The molecule has 0 saturated heterocycles. The molecule has 4 nitrogen and oxygen atoms in total. The number of methoxy groups -OCH3 is 1. The molecule has 90 valence electrons. The van der Waals surface area contributed by atoms with Gasteiger partial charge in [-0.25, -0.2) is 0 Å². The maximum absolute atomic E-state index is 11.6. The fourth-order valence-corrected chi connectivity index (χ4v) is 0.989. The van der Waals surface area contributed by atoms with Gasteiger partial charge in [-0.15, -0.1) is 0 Å². The van der Waals surface area contributed by atoms with Crippen LogP contribution in [0.5, 0.6) is 0 Å². The molecule has 15 heavy (non-hydrogen) atoms. The number of hydrogen-bond acceptors (Lipinski definition) is 3. The first-order valence-electron chi connectivity index (χ1n) is 5.57. The first kappa shape index (κ1) is 14.4. The Morgan fingerprint density at radius 1 is 1.33 bits per heavy atom. The molecule has 0 bridgehead atoms. The zero-order chi connectivity index (χ0) is 11.8. The zero-order valence-electron chi connectivity index (χ0n) is 10.5. The van der Waals surface area contributed by atoms with Crippen molar-refractivity contribution in [3.05, 3.63) is 0 Å². The van der Waals surface area contributed by atoms with E-state index in [1.54, 1.807) is 7.11 Å². The van der Waals surface area contributed by atoms with Gasteiger partial charge in [-0.05, 0) is 27.2 Å². The first-order chi connectivity index (χ1) is 7.01. The van der Waals surface area contributed by atoms with Crippen molar-refractivity contribution in [2.24, 2.45) is 0 Å². The highest BCUT2D eigenvalue weighted by Gasteiger charge is 2.14. The van der Waals surface area contributed by atoms with Crippen molar-refractivity contribution in [1.29, 1.82) is 0 Å². The Kier molecular flexibility index (Phi) is 7.34. The SMILES string of the molecule is CCC(C)NC(=O)C(C)NCC(C)OC. The predicted octanol–water partition coefficient (Wildman–Crippen LogP) is 0.914. The number of amides is 1. The molecule has 0 saturated carbocycles. The van der Waals surface area contributed by atoms with Gasteiger partial charge in [0.15, 0.2) is 0 Å². The summed E-state index contributed by atoms with van der Waals surface area (Å²) in [6.07, 6.45) is 1.08. The van der Waals surface area contributed by atoms with Gasteiger partial charge in [0.2, 0.25) is 5.91 Å². The Balaban J connectivity index is 3.78. The Bertz CT molecular complexity index is 185. The predicted molar refractivity (Wildman–Crippen MR) is 61.8 cm³/mol. The summed E-state index contributed by atoms with van der Waals surface area (Å²) in [5.41, 5.74) is 0. The molecule has 0 aromatic carbocycles. The molecule has 0 spiro atoms. The number of rotatable bonds is 7. The molecule has 0 aliphatic heterocycles. The number of hydrogen-bond donors (Lipinski definition) is 2. The van der Waals surface area contributed by atoms with Crippen LogP contribution in [-0.4, -0.2) is 37.7 Å². The fraction of sp³-hybridized carbons (Fsp3) is 0.909. The highest BCUT2D eigenvalue weighted by molar-refractivity contribution is 5.81. The van der Waals surface area contributed by atoms with Gasteiger partial charge in [-0.3, -0.25) is 4.79 Å². The third-order valence-electron chi connectivity index (χ3n) is 2.51. The van der Waals surface area contributed by atoms with Gasteiger partial charge >= 0.3 is 0 Å². The summed E-state index contributed by atoms with van der Waals surface area (Å²) in [5.74, 6) is 0.0488. The molecule has 0 rings (SSSR count). The van der Waals surface area contributed by atoms with Gasteiger partial charge in [0.25, 0.3) is 0 Å². The van der Waals surface area contributed by atoms with Crippen LogP contribution < -0.4 is 10.6 Å². The van der Waals surface area contributed by atoms with Crippen molar-refractivity contribution >= 4 is 5.91 Å². The quantitative estimate of drug-likeness (QED) is 0.665. The van der Waals surface area contributed by atoms with Crippen LogP contribution in [0.3, 0.4) is 0 Å². The maximum Gasteiger partial charge on any atom is 0.237 e. The van der Waals surface area contributed by atoms with E-state index in [1.165, 1.54) is 0 Å². The lowest BCUT2D eigenvalue weighted by Crippen LogP contribution is -2.47. The second-order valence-electron chi connectivity index (χ2n) is 3.99. The summed E-state index contributed by atoms with van der Waals surface area (Å²) < 4.78 is 5.09. The minimum atomic E-state index is -0.170. The largest absolute Gasteiger partial charge is 0.380 e. The molecule has 0 aromatic heterocycles. The lowest BCUT2D eigenvalue weighted by molar-refractivity contribution is -0.123. The fourth-order valence-electron chi connectivity index (χ4n) is 0.989. The van der Waals surface area contributed by atoms with Crippen molar-refractivity contribution in [2.75, 3.05) is 13.7 Å². The molecule has 0 heterocycles. The van der Waals surface area contributed by atoms with Gasteiger partial charge < -0.3 is 15.4 Å². The van der Waals surface area contributed by atoms with Crippen LogP contribution in [0.1, 0.15) is 34.1 Å². The Hall–Kier alpha value is -0.610. The standard InChI is InChI=1S/C11H24N2O2/c1-6-8(2)13-11(14)10(4)12-7-9(3)15-5/h8-10,12H,6-7H2,1-5H3,(H,13,14). The molecule has 3 atom stereocenters. The summed E-state index contributed by atoms with van der Waals surface area (Å²) in [6.45, 7) is 8.57. The summed E-state index contributed by atoms with van der Waals surface area (Å²) in [7, 11) is 1.66. The minimum absolute atomic E-state index is 0.0488. The van der Waals surface area contributed by atoms with E-state index in [2.05, 4.69) is 17.6 Å². The van der Waals surface area contributed by atoms with Gasteiger partial charge in [-0.2, -0.15) is 0 Å². The third kappa shape index (κ3) is 6.47. The van der Waals surface area contributed by atoms with Crippen molar-refractivity contribution in [3.8, 4) is 0 Å². The van der Waals surface area contributed by atoms with E-state index in [-0.39, 0.29) is 24.1 Å². The highest BCUT2D eigenvalue weighted by Crippen LogP contribution is 1.91. The molecule has 2 N–H and O–H groups in total. The van der Waals surface area contributed by atoms with E-state index in [0.29, 0.717) is 6.54 Å². The maximum atomic E-state index is 11.6. The molecule has 4 heteroatoms. The molecule has 0 aromatic rings. The van der Waals surface area contributed by atoms with Crippen LogP contribution in [-0.2, 0) is 9.53 Å². The lowest BCUT2D eigenvalue weighted by atomic mass is 10.2. The Morgan fingerprint density at radius 2 is 1.93 bits per heavy atom. The van der Waals surface area contributed by atoms with E-state index >= 15 is 0 Å². The second-order valence-corrected chi connectivity index (χ2v) is 3.99. The third-order valence-corrected chi connectivity index (χ3v) is 2.51. The van der Waals surface area contributed by atoms with Crippen molar-refractivity contribution in [3.63, 3.8) is 0 Å². The molecule has 0 aliphatic carbocycles. The lowest BCUT2D eigenvalue weighted by Gasteiger charge is -2.19. The topological polar surface area (TPSA) is 50.4 Å². The van der Waals surface area contributed by atoms with Gasteiger partial charge in [0.1, 0.15) is 0 Å². The van der Waals surface area contributed by atoms with Crippen LogP contribution >= 0.6 is 0 Å². The van der Waals surface area contributed by atoms with Crippen LogP contribution in [0.2, 0.25) is 0 Å². The molecule has 3 unspecified atom stereocenters. The molecular formula is C11H24N2O2. The molecule has 0 aliphatic rings. The van der Waals surface area contributed by atoms with E-state index in [1.807, 2.05) is 20.8 Å². The van der Waals surface area contributed by atoms with Crippen LogP contribution in [0.15, 0.2) is 0 Å². The van der Waals surface area contributed by atoms with Crippen LogP contribution in [0.25, 0.3) is 0 Å². The first-order valence-corrected chi connectivity index (χ1v) is 5.57. The second kappa shape index (κ2) is 7.65. The minimum Gasteiger partial charge on any atom is -0.380 e. The van der Waals surface area contributed by atoms with Gasteiger partial charge in [-0.1, -0.05) is 6.92 Å². The number of carbonyl (C=O) groups excluding carboxylic acids is 1. The van der Waals surface area contributed by atoms with Gasteiger partial charge in [0.05, 0.1) is 12.1 Å². The number of carbonyl (C=O) groups is 1. The molecule has 1 amide bonds. The monoisotopic (exact) mass is 216 g/mol. The zero-order valence-corrected chi connectivity index (χ0v) is 10.5. The van der Waals surface area contributed by atoms with E-state index < -0.39 is 0 Å². The Labute approximate surface area is 92.8 Å². The van der Waals surface area contributed by atoms with Crippen molar-refractivity contribution < 1.29 is 9.53 Å². The number of ether oxygens (including phenoxy) is 1. The normalized spacial score (nSPS) is 16.9. The summed E-state index contributed by atoms with van der Waals surface area (Å²) in [6, 6.07) is 0.0678. The Morgan fingerprint density at radius 3 is 2.40 bits per heavy atom. The summed E-state index contributed by atoms with van der Waals surface area (Å²) in [5, 5.41) is 6.05. The summed E-state index contributed by atoms with van der Waals surface area (Å²) >= 11 is 0. The number of nitrogens with one attached hydrogen (secondary N) is 2. The van der Waals surface area contributed by atoms with Crippen molar-refractivity contribution in [1.82, 2.24) is 10.6 Å². The molecule has 0 fully saturated rings. The van der Waals surface area contributed by atoms with E-state index in [9.17, 15) is 4.79 Å². The molecule has 0 radical (unpaired) electrons. The average molecular weight is 216 g/mol. The van der Waals surface area contributed by atoms with E-state index in [0.717, 1.165) is 6.42 Å². The smallest absolute Gasteiger partial charge is 0.237 e. The van der Waals surface area contributed by atoms with Crippen molar-refractivity contribution in [2.45, 2.75) is 52.3 Å².